The predicted octanol–water partition coefficient (Wildman–Crippen LogP) is 2.41. The second kappa shape index (κ2) is 5.78. The van der Waals surface area contributed by atoms with Gasteiger partial charge in [-0.3, -0.25) is 4.68 Å². The zero-order valence-corrected chi connectivity index (χ0v) is 12.2. The van der Waals surface area contributed by atoms with E-state index in [4.69, 9.17) is 0 Å². The molecule has 0 amide bonds. The van der Waals surface area contributed by atoms with Crippen molar-refractivity contribution in [3.63, 3.8) is 0 Å². The zero-order chi connectivity index (χ0) is 14.7. The van der Waals surface area contributed by atoms with Gasteiger partial charge in [-0.1, -0.05) is 12.1 Å². The first-order chi connectivity index (χ1) is 10.3. The number of aromatic nitrogens is 4. The molecule has 0 aliphatic carbocycles. The fourth-order valence-electron chi connectivity index (χ4n) is 2.20. The SMILES string of the molecule is CCNc1nc(NCc2cnn(C)c2)c2ccccc2n1. The van der Waals surface area contributed by atoms with Crippen molar-refractivity contribution in [3.05, 3.63) is 42.2 Å². The van der Waals surface area contributed by atoms with Gasteiger partial charge in [0.2, 0.25) is 5.95 Å². The summed E-state index contributed by atoms with van der Waals surface area (Å²) in [6.07, 6.45) is 3.84. The van der Waals surface area contributed by atoms with Gasteiger partial charge < -0.3 is 10.6 Å². The number of nitrogens with one attached hydrogen (secondary N) is 2. The number of anilines is 2. The van der Waals surface area contributed by atoms with E-state index < -0.39 is 0 Å². The summed E-state index contributed by atoms with van der Waals surface area (Å²) in [5, 5.41) is 11.7. The van der Waals surface area contributed by atoms with Crippen LogP contribution in [0, 0.1) is 0 Å². The summed E-state index contributed by atoms with van der Waals surface area (Å²) in [5.74, 6) is 1.48. The highest BCUT2D eigenvalue weighted by molar-refractivity contribution is 5.89. The van der Waals surface area contributed by atoms with E-state index in [0.29, 0.717) is 12.5 Å². The van der Waals surface area contributed by atoms with E-state index in [1.165, 1.54) is 0 Å². The van der Waals surface area contributed by atoms with Gasteiger partial charge >= 0.3 is 0 Å². The third-order valence-corrected chi connectivity index (χ3v) is 3.16. The van der Waals surface area contributed by atoms with Crippen LogP contribution < -0.4 is 10.6 Å². The molecule has 3 aromatic rings. The second-order valence-corrected chi connectivity index (χ2v) is 4.82. The van der Waals surface area contributed by atoms with Crippen molar-refractivity contribution in [3.8, 4) is 0 Å². The lowest BCUT2D eigenvalue weighted by atomic mass is 10.2. The largest absolute Gasteiger partial charge is 0.365 e. The number of aryl methyl sites for hydroxylation is 1. The Kier molecular flexibility index (Phi) is 3.68. The number of rotatable bonds is 5. The molecule has 0 atom stereocenters. The van der Waals surface area contributed by atoms with E-state index in [1.54, 1.807) is 4.68 Å². The van der Waals surface area contributed by atoms with Gasteiger partial charge in [-0.15, -0.1) is 0 Å². The minimum Gasteiger partial charge on any atom is -0.365 e. The molecule has 6 nitrogen and oxygen atoms in total. The molecule has 2 N–H and O–H groups in total. The van der Waals surface area contributed by atoms with Crippen LogP contribution in [0.3, 0.4) is 0 Å². The normalized spacial score (nSPS) is 10.8. The fraction of sp³-hybridized carbons (Fsp3) is 0.267. The maximum absolute atomic E-state index is 4.55. The highest BCUT2D eigenvalue weighted by Crippen LogP contribution is 2.22. The van der Waals surface area contributed by atoms with E-state index in [9.17, 15) is 0 Å². The van der Waals surface area contributed by atoms with Crippen LogP contribution in [-0.4, -0.2) is 26.3 Å². The number of benzene rings is 1. The summed E-state index contributed by atoms with van der Waals surface area (Å²) in [7, 11) is 1.91. The Hall–Kier alpha value is -2.63. The Morgan fingerprint density at radius 3 is 2.76 bits per heavy atom. The van der Waals surface area contributed by atoms with Crippen molar-refractivity contribution in [2.75, 3.05) is 17.2 Å². The Bertz CT molecular complexity index is 749. The first-order valence-electron chi connectivity index (χ1n) is 6.98. The van der Waals surface area contributed by atoms with Crippen molar-refractivity contribution in [2.24, 2.45) is 7.05 Å². The van der Waals surface area contributed by atoms with Gasteiger partial charge in [-0.05, 0) is 19.1 Å². The predicted molar refractivity (Wildman–Crippen MR) is 84.2 cm³/mol. The van der Waals surface area contributed by atoms with Crippen LogP contribution in [0.25, 0.3) is 10.9 Å². The highest BCUT2D eigenvalue weighted by Gasteiger charge is 2.07. The number of fused-ring (bicyclic) bond motifs is 1. The van der Waals surface area contributed by atoms with Crippen LogP contribution in [0.1, 0.15) is 12.5 Å². The first kappa shape index (κ1) is 13.4. The number of para-hydroxylation sites is 1. The van der Waals surface area contributed by atoms with Gasteiger partial charge in [0.05, 0.1) is 11.7 Å². The second-order valence-electron chi connectivity index (χ2n) is 4.82. The topological polar surface area (TPSA) is 67.7 Å². The van der Waals surface area contributed by atoms with Gasteiger partial charge in [0.15, 0.2) is 0 Å². The van der Waals surface area contributed by atoms with Crippen LogP contribution >= 0.6 is 0 Å². The molecule has 0 aliphatic rings. The number of hydrogen-bond donors (Lipinski definition) is 2. The van der Waals surface area contributed by atoms with Crippen LogP contribution in [-0.2, 0) is 13.6 Å². The van der Waals surface area contributed by atoms with E-state index >= 15 is 0 Å². The summed E-state index contributed by atoms with van der Waals surface area (Å²) < 4.78 is 1.79. The highest BCUT2D eigenvalue weighted by atomic mass is 15.2. The molecule has 2 heterocycles. The lowest BCUT2D eigenvalue weighted by molar-refractivity contribution is 0.767. The summed E-state index contributed by atoms with van der Waals surface area (Å²) in [5.41, 5.74) is 2.04. The van der Waals surface area contributed by atoms with Gasteiger partial charge in [0, 0.05) is 37.3 Å². The molecule has 0 fully saturated rings. The maximum Gasteiger partial charge on any atom is 0.225 e. The van der Waals surface area contributed by atoms with Crippen molar-refractivity contribution in [1.29, 1.82) is 0 Å². The summed E-state index contributed by atoms with van der Waals surface area (Å²) >= 11 is 0. The smallest absolute Gasteiger partial charge is 0.225 e. The lowest BCUT2D eigenvalue weighted by Crippen LogP contribution is -2.07. The maximum atomic E-state index is 4.55. The molecule has 0 saturated carbocycles. The minimum atomic E-state index is 0.643. The molecule has 1 aromatic carbocycles. The molecule has 108 valence electrons. The standard InChI is InChI=1S/C15H18N6/c1-3-16-15-19-13-7-5-4-6-12(13)14(20-15)17-8-11-9-18-21(2)10-11/h4-7,9-10H,3,8H2,1-2H3,(H2,16,17,19,20). The molecule has 3 rings (SSSR count). The Morgan fingerprint density at radius 1 is 1.14 bits per heavy atom. The summed E-state index contributed by atoms with van der Waals surface area (Å²) in [6, 6.07) is 7.99. The van der Waals surface area contributed by atoms with E-state index in [0.717, 1.165) is 28.8 Å². The molecule has 0 saturated heterocycles. The van der Waals surface area contributed by atoms with Crippen molar-refractivity contribution < 1.29 is 0 Å². The van der Waals surface area contributed by atoms with E-state index in [2.05, 4.69) is 25.7 Å². The average molecular weight is 282 g/mol. The Labute approximate surface area is 123 Å². The first-order valence-corrected chi connectivity index (χ1v) is 6.98. The molecular weight excluding hydrogens is 264 g/mol. The molecule has 0 unspecified atom stereocenters. The van der Waals surface area contributed by atoms with Crippen LogP contribution in [0.15, 0.2) is 36.7 Å². The van der Waals surface area contributed by atoms with Crippen LogP contribution in [0.4, 0.5) is 11.8 Å². The lowest BCUT2D eigenvalue weighted by Gasteiger charge is -2.10. The molecule has 0 bridgehead atoms. The molecular formula is C15H18N6. The van der Waals surface area contributed by atoms with Gasteiger partial charge in [-0.25, -0.2) is 4.98 Å². The fourth-order valence-corrected chi connectivity index (χ4v) is 2.20. The number of hydrogen-bond acceptors (Lipinski definition) is 5. The third-order valence-electron chi connectivity index (χ3n) is 3.16. The molecule has 0 aliphatic heterocycles. The summed E-state index contributed by atoms with van der Waals surface area (Å²) in [6.45, 7) is 3.50. The van der Waals surface area contributed by atoms with Crippen LogP contribution in [0.2, 0.25) is 0 Å². The van der Waals surface area contributed by atoms with Crippen molar-refractivity contribution in [2.45, 2.75) is 13.5 Å². The Balaban J connectivity index is 1.91. The molecule has 0 radical (unpaired) electrons. The summed E-state index contributed by atoms with van der Waals surface area (Å²) in [4.78, 5) is 9.06. The molecule has 21 heavy (non-hydrogen) atoms. The van der Waals surface area contributed by atoms with Crippen LogP contribution in [0.5, 0.6) is 0 Å². The van der Waals surface area contributed by atoms with Gasteiger partial charge in [-0.2, -0.15) is 10.1 Å². The quantitative estimate of drug-likeness (QED) is 0.752. The van der Waals surface area contributed by atoms with Gasteiger partial charge in [0.1, 0.15) is 5.82 Å². The minimum absolute atomic E-state index is 0.643. The monoisotopic (exact) mass is 282 g/mol. The van der Waals surface area contributed by atoms with E-state index in [1.807, 2.05) is 50.6 Å². The third kappa shape index (κ3) is 2.94. The molecule has 6 heteroatoms. The zero-order valence-electron chi connectivity index (χ0n) is 12.2. The van der Waals surface area contributed by atoms with E-state index in [-0.39, 0.29) is 0 Å². The van der Waals surface area contributed by atoms with Gasteiger partial charge in [0.25, 0.3) is 0 Å². The number of nitrogens with zero attached hydrogens (tertiary/aromatic N) is 4. The average Bonchev–Trinajstić information content (AvgIpc) is 2.91. The molecule has 2 aromatic heterocycles. The van der Waals surface area contributed by atoms with Crippen molar-refractivity contribution >= 4 is 22.7 Å². The van der Waals surface area contributed by atoms with Crippen molar-refractivity contribution in [1.82, 2.24) is 19.7 Å². The molecule has 0 spiro atoms. The Morgan fingerprint density at radius 2 is 2.00 bits per heavy atom.